The molecule has 0 aromatic carbocycles. The number of nitrogens with one attached hydrogen (secondary N) is 1. The maximum absolute atomic E-state index is 11.8. The number of amides is 1. The highest BCUT2D eigenvalue weighted by Crippen LogP contribution is 2.30. The largest absolute Gasteiger partial charge is 0.394 e. The van der Waals surface area contributed by atoms with Crippen LogP contribution in [0.5, 0.6) is 0 Å². The van der Waals surface area contributed by atoms with Crippen LogP contribution < -0.4 is 11.1 Å². The minimum atomic E-state index is -0.508. The van der Waals surface area contributed by atoms with Crippen LogP contribution in [0.15, 0.2) is 0 Å². The second-order valence-electron chi connectivity index (χ2n) is 5.37. The van der Waals surface area contributed by atoms with Gasteiger partial charge in [0.05, 0.1) is 12.1 Å². The summed E-state index contributed by atoms with van der Waals surface area (Å²) in [6.07, 6.45) is 5.20. The monoisotopic (exact) mass is 228 g/mol. The molecular formula is C12H24N2O2. The van der Waals surface area contributed by atoms with E-state index < -0.39 is 5.54 Å². The smallest absolute Gasteiger partial charge is 0.222 e. The lowest BCUT2D eigenvalue weighted by atomic mass is 9.93. The molecular weight excluding hydrogens is 204 g/mol. The molecule has 1 fully saturated rings. The van der Waals surface area contributed by atoms with E-state index >= 15 is 0 Å². The van der Waals surface area contributed by atoms with Crippen LogP contribution in [-0.2, 0) is 4.79 Å². The maximum atomic E-state index is 11.8. The Morgan fingerprint density at radius 3 is 2.50 bits per heavy atom. The number of hydrogen-bond donors (Lipinski definition) is 3. The van der Waals surface area contributed by atoms with E-state index in [0.717, 1.165) is 25.7 Å². The fraction of sp³-hybridized carbons (Fsp3) is 0.917. The van der Waals surface area contributed by atoms with Gasteiger partial charge in [0, 0.05) is 12.0 Å². The van der Waals surface area contributed by atoms with Gasteiger partial charge in [-0.05, 0) is 26.2 Å². The van der Waals surface area contributed by atoms with Gasteiger partial charge in [0.15, 0.2) is 0 Å². The van der Waals surface area contributed by atoms with Gasteiger partial charge in [0.2, 0.25) is 5.91 Å². The number of aliphatic hydroxyl groups is 1. The van der Waals surface area contributed by atoms with Crippen molar-refractivity contribution >= 4 is 5.91 Å². The van der Waals surface area contributed by atoms with Crippen LogP contribution in [0.25, 0.3) is 0 Å². The van der Waals surface area contributed by atoms with Crippen molar-refractivity contribution in [2.24, 2.45) is 5.73 Å². The van der Waals surface area contributed by atoms with Gasteiger partial charge >= 0.3 is 0 Å². The number of carbonyl (C=O) groups excluding carboxylic acids is 1. The average Bonchev–Trinajstić information content (AvgIpc) is 2.64. The molecule has 4 N–H and O–H groups in total. The standard InChI is InChI=1S/C12H24N2O2/c1-3-11(2,9-15)14-10(16)8-12(13)6-4-5-7-12/h15H,3-9,13H2,1-2H3,(H,14,16). The minimum absolute atomic E-state index is 0.0349. The molecule has 0 spiro atoms. The van der Waals surface area contributed by atoms with Crippen molar-refractivity contribution in [3.8, 4) is 0 Å². The Bertz CT molecular complexity index is 235. The Hall–Kier alpha value is -0.610. The summed E-state index contributed by atoms with van der Waals surface area (Å²) in [6.45, 7) is 3.76. The number of hydrogen-bond acceptors (Lipinski definition) is 3. The molecule has 1 amide bonds. The average molecular weight is 228 g/mol. The van der Waals surface area contributed by atoms with Gasteiger partial charge in [-0.15, -0.1) is 0 Å². The molecule has 1 saturated carbocycles. The van der Waals surface area contributed by atoms with Crippen molar-refractivity contribution in [3.63, 3.8) is 0 Å². The highest BCUT2D eigenvalue weighted by molar-refractivity contribution is 5.78. The first-order valence-corrected chi connectivity index (χ1v) is 6.14. The molecule has 0 radical (unpaired) electrons. The maximum Gasteiger partial charge on any atom is 0.222 e. The van der Waals surface area contributed by atoms with E-state index in [1.807, 2.05) is 13.8 Å². The molecule has 1 unspecified atom stereocenters. The normalized spacial score (nSPS) is 22.8. The van der Waals surface area contributed by atoms with Gasteiger partial charge in [-0.1, -0.05) is 19.8 Å². The third kappa shape index (κ3) is 3.46. The Morgan fingerprint density at radius 1 is 1.50 bits per heavy atom. The highest BCUT2D eigenvalue weighted by Gasteiger charge is 2.33. The summed E-state index contributed by atoms with van der Waals surface area (Å²) in [5, 5.41) is 12.1. The predicted octanol–water partition coefficient (Wildman–Crippen LogP) is 0.925. The van der Waals surface area contributed by atoms with Crippen molar-refractivity contribution in [3.05, 3.63) is 0 Å². The summed E-state index contributed by atoms with van der Waals surface area (Å²) in [6, 6.07) is 0. The fourth-order valence-corrected chi connectivity index (χ4v) is 2.20. The highest BCUT2D eigenvalue weighted by atomic mass is 16.3. The molecule has 1 atom stereocenters. The van der Waals surface area contributed by atoms with Crippen molar-refractivity contribution in [1.82, 2.24) is 5.32 Å². The van der Waals surface area contributed by atoms with Gasteiger partial charge in [-0.3, -0.25) is 4.79 Å². The third-order valence-corrected chi connectivity index (χ3v) is 3.68. The van der Waals surface area contributed by atoms with Crippen molar-refractivity contribution in [2.75, 3.05) is 6.61 Å². The summed E-state index contributed by atoms with van der Waals surface area (Å²) in [5.74, 6) is -0.0391. The van der Waals surface area contributed by atoms with E-state index in [4.69, 9.17) is 5.73 Å². The zero-order valence-electron chi connectivity index (χ0n) is 10.4. The molecule has 0 saturated heterocycles. The van der Waals surface area contributed by atoms with E-state index in [1.165, 1.54) is 0 Å². The molecule has 0 aromatic rings. The number of rotatable bonds is 5. The molecule has 0 bridgehead atoms. The fourth-order valence-electron chi connectivity index (χ4n) is 2.20. The van der Waals surface area contributed by atoms with Crippen LogP contribution in [-0.4, -0.2) is 28.7 Å². The SMILES string of the molecule is CCC(C)(CO)NC(=O)CC1(N)CCCC1. The lowest BCUT2D eigenvalue weighted by molar-refractivity contribution is -0.124. The molecule has 16 heavy (non-hydrogen) atoms. The third-order valence-electron chi connectivity index (χ3n) is 3.68. The van der Waals surface area contributed by atoms with Gasteiger partial charge < -0.3 is 16.2 Å². The Kier molecular flexibility index (Phi) is 4.33. The number of nitrogens with two attached hydrogens (primary N) is 1. The Balaban J connectivity index is 2.46. The first kappa shape index (κ1) is 13.5. The Labute approximate surface area is 97.6 Å². The summed E-state index contributed by atoms with van der Waals surface area (Å²) in [7, 11) is 0. The van der Waals surface area contributed by atoms with E-state index in [0.29, 0.717) is 12.8 Å². The topological polar surface area (TPSA) is 75.3 Å². The van der Waals surface area contributed by atoms with E-state index in [9.17, 15) is 9.90 Å². The zero-order chi connectivity index (χ0) is 12.2. The summed E-state index contributed by atoms with van der Waals surface area (Å²) >= 11 is 0. The lowest BCUT2D eigenvalue weighted by Gasteiger charge is -2.30. The van der Waals surface area contributed by atoms with E-state index in [-0.39, 0.29) is 18.1 Å². The molecule has 0 aromatic heterocycles. The van der Waals surface area contributed by atoms with Crippen molar-refractivity contribution in [1.29, 1.82) is 0 Å². The second-order valence-corrected chi connectivity index (χ2v) is 5.37. The quantitative estimate of drug-likeness (QED) is 0.655. The Morgan fingerprint density at radius 2 is 2.06 bits per heavy atom. The van der Waals surface area contributed by atoms with Crippen LogP contribution >= 0.6 is 0 Å². The van der Waals surface area contributed by atoms with Crippen molar-refractivity contribution in [2.45, 2.75) is 63.5 Å². The van der Waals surface area contributed by atoms with Crippen LogP contribution in [0.2, 0.25) is 0 Å². The molecule has 4 heteroatoms. The molecule has 0 aliphatic heterocycles. The van der Waals surface area contributed by atoms with E-state index in [2.05, 4.69) is 5.32 Å². The molecule has 4 nitrogen and oxygen atoms in total. The minimum Gasteiger partial charge on any atom is -0.394 e. The molecule has 1 rings (SSSR count). The molecule has 0 heterocycles. The summed E-state index contributed by atoms with van der Waals surface area (Å²) in [4.78, 5) is 11.8. The number of carbonyl (C=O) groups is 1. The van der Waals surface area contributed by atoms with Crippen LogP contribution in [0, 0.1) is 0 Å². The molecule has 1 aliphatic carbocycles. The second kappa shape index (κ2) is 5.15. The van der Waals surface area contributed by atoms with Gasteiger partial charge in [0.25, 0.3) is 0 Å². The van der Waals surface area contributed by atoms with Crippen LogP contribution in [0.1, 0.15) is 52.4 Å². The zero-order valence-corrected chi connectivity index (χ0v) is 10.4. The van der Waals surface area contributed by atoms with Gasteiger partial charge in [0.1, 0.15) is 0 Å². The van der Waals surface area contributed by atoms with Crippen molar-refractivity contribution < 1.29 is 9.90 Å². The van der Waals surface area contributed by atoms with Gasteiger partial charge in [-0.25, -0.2) is 0 Å². The first-order chi connectivity index (χ1) is 7.43. The first-order valence-electron chi connectivity index (χ1n) is 6.14. The lowest BCUT2D eigenvalue weighted by Crippen LogP contribution is -2.51. The predicted molar refractivity (Wildman–Crippen MR) is 63.9 cm³/mol. The van der Waals surface area contributed by atoms with Crippen LogP contribution in [0.4, 0.5) is 0 Å². The summed E-state index contributed by atoms with van der Waals surface area (Å²) in [5.41, 5.74) is 5.32. The van der Waals surface area contributed by atoms with Gasteiger partial charge in [-0.2, -0.15) is 0 Å². The van der Waals surface area contributed by atoms with E-state index in [1.54, 1.807) is 0 Å². The molecule has 94 valence electrons. The van der Waals surface area contributed by atoms with Crippen LogP contribution in [0.3, 0.4) is 0 Å². The summed E-state index contributed by atoms with van der Waals surface area (Å²) < 4.78 is 0. The molecule has 1 aliphatic rings. The number of aliphatic hydroxyl groups excluding tert-OH is 1.